The molecule has 0 saturated heterocycles. The highest BCUT2D eigenvalue weighted by atomic mass is 14.4. The van der Waals surface area contributed by atoms with Gasteiger partial charge in [0, 0.05) is 5.41 Å². The summed E-state index contributed by atoms with van der Waals surface area (Å²) in [6.45, 7) is 4.74. The van der Waals surface area contributed by atoms with Gasteiger partial charge in [0.05, 0.1) is 0 Å². The first-order valence-electron chi connectivity index (χ1n) is 15.2. The highest BCUT2D eigenvalue weighted by Crippen LogP contribution is 2.51. The molecular formula is C43H30. The van der Waals surface area contributed by atoms with Gasteiger partial charge in [-0.2, -0.15) is 0 Å². The molecule has 0 saturated carbocycles. The Hall–Kier alpha value is -5.20. The zero-order valence-electron chi connectivity index (χ0n) is 24.4. The van der Waals surface area contributed by atoms with E-state index in [-0.39, 0.29) is 5.41 Å². The van der Waals surface area contributed by atoms with Crippen LogP contribution in [-0.2, 0) is 5.41 Å². The number of hydrogen-bond acceptors (Lipinski definition) is 0. The molecule has 0 spiro atoms. The van der Waals surface area contributed by atoms with E-state index in [1.54, 1.807) is 0 Å². The summed E-state index contributed by atoms with van der Waals surface area (Å²) >= 11 is 0. The lowest BCUT2D eigenvalue weighted by Gasteiger charge is -2.21. The van der Waals surface area contributed by atoms with Gasteiger partial charge < -0.3 is 0 Å². The zero-order chi connectivity index (χ0) is 28.7. The summed E-state index contributed by atoms with van der Waals surface area (Å²) in [5.74, 6) is 0. The maximum Gasteiger partial charge on any atom is 0.0159 e. The molecule has 0 bridgehead atoms. The summed E-state index contributed by atoms with van der Waals surface area (Å²) in [5, 5.41) is 10.8. The average molecular weight is 547 g/mol. The van der Waals surface area contributed by atoms with Crippen LogP contribution in [-0.4, -0.2) is 0 Å². The first-order chi connectivity index (χ1) is 21.1. The number of fused-ring (bicyclic) bond motifs is 4. The Bertz CT molecular complexity index is 2420. The fraction of sp³-hybridized carbons (Fsp3) is 0.0698. The summed E-state index contributed by atoms with van der Waals surface area (Å²) in [6.07, 6.45) is 0. The van der Waals surface area contributed by atoms with Crippen molar-refractivity contribution in [1.82, 2.24) is 0 Å². The van der Waals surface area contributed by atoms with Gasteiger partial charge in [-0.15, -0.1) is 0 Å². The molecule has 0 aromatic heterocycles. The summed E-state index contributed by atoms with van der Waals surface area (Å²) < 4.78 is 0. The lowest BCUT2D eigenvalue weighted by Crippen LogP contribution is -2.14. The minimum absolute atomic E-state index is 0.0112. The van der Waals surface area contributed by atoms with Gasteiger partial charge in [-0.05, 0) is 112 Å². The third kappa shape index (κ3) is 3.57. The second kappa shape index (κ2) is 8.90. The molecule has 0 heterocycles. The van der Waals surface area contributed by atoms with Gasteiger partial charge in [0.2, 0.25) is 0 Å². The highest BCUT2D eigenvalue weighted by Gasteiger charge is 2.34. The maximum absolute atomic E-state index is 2.41. The molecule has 0 N–H and O–H groups in total. The van der Waals surface area contributed by atoms with Crippen molar-refractivity contribution in [2.75, 3.05) is 0 Å². The van der Waals surface area contributed by atoms with Crippen LogP contribution in [0.2, 0.25) is 0 Å². The van der Waals surface area contributed by atoms with Crippen molar-refractivity contribution in [1.29, 1.82) is 0 Å². The Labute approximate surface area is 251 Å². The van der Waals surface area contributed by atoms with E-state index in [2.05, 4.69) is 159 Å². The summed E-state index contributed by atoms with van der Waals surface area (Å²) in [6, 6.07) is 54.0. The van der Waals surface area contributed by atoms with Crippen molar-refractivity contribution < 1.29 is 0 Å². The third-order valence-electron chi connectivity index (χ3n) is 9.80. The molecule has 0 amide bonds. The zero-order valence-corrected chi connectivity index (χ0v) is 24.4. The van der Waals surface area contributed by atoms with E-state index in [1.165, 1.54) is 87.6 Å². The Morgan fingerprint density at radius 2 is 0.814 bits per heavy atom. The Balaban J connectivity index is 1.18. The quantitative estimate of drug-likeness (QED) is 0.193. The molecule has 202 valence electrons. The third-order valence-corrected chi connectivity index (χ3v) is 9.80. The lowest BCUT2D eigenvalue weighted by atomic mass is 9.82. The Morgan fingerprint density at radius 1 is 0.326 bits per heavy atom. The largest absolute Gasteiger partial charge is 0.0616 e. The van der Waals surface area contributed by atoms with Crippen LogP contribution in [0.25, 0.3) is 76.5 Å². The van der Waals surface area contributed by atoms with Gasteiger partial charge in [0.15, 0.2) is 0 Å². The number of rotatable bonds is 3. The van der Waals surface area contributed by atoms with E-state index >= 15 is 0 Å². The van der Waals surface area contributed by atoms with E-state index in [1.807, 2.05) is 0 Å². The number of benzene rings is 8. The minimum atomic E-state index is 0.0112. The van der Waals surface area contributed by atoms with Crippen LogP contribution in [0.15, 0.2) is 146 Å². The molecule has 0 fully saturated rings. The molecule has 0 radical (unpaired) electrons. The van der Waals surface area contributed by atoms with Crippen molar-refractivity contribution in [3.8, 4) is 33.4 Å². The van der Waals surface area contributed by atoms with E-state index < -0.39 is 0 Å². The molecule has 8 aromatic rings. The average Bonchev–Trinajstić information content (AvgIpc) is 3.31. The van der Waals surface area contributed by atoms with Crippen LogP contribution >= 0.6 is 0 Å². The predicted molar refractivity (Wildman–Crippen MR) is 185 cm³/mol. The summed E-state index contributed by atoms with van der Waals surface area (Å²) in [7, 11) is 0. The van der Waals surface area contributed by atoms with Gasteiger partial charge in [0.25, 0.3) is 0 Å². The second-order valence-electron chi connectivity index (χ2n) is 12.6. The fourth-order valence-corrected chi connectivity index (χ4v) is 7.59. The first-order valence-corrected chi connectivity index (χ1v) is 15.2. The maximum atomic E-state index is 2.41. The van der Waals surface area contributed by atoms with Gasteiger partial charge in [0.1, 0.15) is 0 Å². The Kier molecular flexibility index (Phi) is 5.05. The molecule has 8 aromatic carbocycles. The molecule has 0 atom stereocenters. The predicted octanol–water partition coefficient (Wildman–Crippen LogP) is 11.9. The van der Waals surface area contributed by atoms with Crippen molar-refractivity contribution in [2.24, 2.45) is 0 Å². The van der Waals surface area contributed by atoms with Crippen LogP contribution in [0.1, 0.15) is 25.0 Å². The Morgan fingerprint density at radius 3 is 1.44 bits per heavy atom. The molecule has 0 nitrogen and oxygen atoms in total. The SMILES string of the molecule is CC1(C)c2cccc3c4ccc(-c5cccc(-c6cccc(-c7ccc8ccccc8c7)c6)c5)cc4c4cccc1c4c23. The number of hydrogen-bond donors (Lipinski definition) is 0. The molecule has 1 aliphatic carbocycles. The second-order valence-corrected chi connectivity index (χ2v) is 12.6. The molecule has 0 unspecified atom stereocenters. The molecule has 1 aliphatic rings. The molecular weight excluding hydrogens is 516 g/mol. The molecule has 0 heteroatoms. The molecule has 43 heavy (non-hydrogen) atoms. The summed E-state index contributed by atoms with van der Waals surface area (Å²) in [5.41, 5.74) is 10.3. The van der Waals surface area contributed by atoms with Gasteiger partial charge in [-0.1, -0.05) is 135 Å². The van der Waals surface area contributed by atoms with Gasteiger partial charge in [-0.3, -0.25) is 0 Å². The van der Waals surface area contributed by atoms with Gasteiger partial charge in [-0.25, -0.2) is 0 Å². The standard InChI is InChI=1S/C43H30/c1-43(2)39-17-7-15-36-35-22-21-34(26-38(35)37-16-8-18-40(43)42(37)41(36)39)32-14-6-12-30(25-32)29-11-5-13-31(24-29)33-20-19-27-9-3-4-10-28(27)23-33/h3-26H,1-2H3. The van der Waals surface area contributed by atoms with Gasteiger partial charge >= 0.3 is 0 Å². The topological polar surface area (TPSA) is 0 Å². The lowest BCUT2D eigenvalue weighted by molar-refractivity contribution is 0.663. The molecule has 9 rings (SSSR count). The fourth-order valence-electron chi connectivity index (χ4n) is 7.59. The first kappa shape index (κ1) is 24.4. The minimum Gasteiger partial charge on any atom is -0.0616 e. The van der Waals surface area contributed by atoms with Crippen molar-refractivity contribution in [2.45, 2.75) is 19.3 Å². The normalized spacial score (nSPS) is 13.5. The van der Waals surface area contributed by atoms with E-state index in [4.69, 9.17) is 0 Å². The van der Waals surface area contributed by atoms with Crippen molar-refractivity contribution in [3.05, 3.63) is 157 Å². The van der Waals surface area contributed by atoms with Crippen molar-refractivity contribution >= 4 is 43.1 Å². The molecule has 0 aliphatic heterocycles. The van der Waals surface area contributed by atoms with E-state index in [0.29, 0.717) is 0 Å². The highest BCUT2D eigenvalue weighted by molar-refractivity contribution is 6.29. The summed E-state index contributed by atoms with van der Waals surface area (Å²) in [4.78, 5) is 0. The van der Waals surface area contributed by atoms with E-state index in [0.717, 1.165) is 0 Å². The van der Waals surface area contributed by atoms with Crippen LogP contribution in [0.4, 0.5) is 0 Å². The van der Waals surface area contributed by atoms with Crippen LogP contribution < -0.4 is 0 Å². The monoisotopic (exact) mass is 546 g/mol. The van der Waals surface area contributed by atoms with Crippen LogP contribution in [0, 0.1) is 0 Å². The van der Waals surface area contributed by atoms with Crippen LogP contribution in [0.5, 0.6) is 0 Å². The smallest absolute Gasteiger partial charge is 0.0159 e. The van der Waals surface area contributed by atoms with Crippen molar-refractivity contribution in [3.63, 3.8) is 0 Å². The van der Waals surface area contributed by atoms with E-state index in [9.17, 15) is 0 Å². The van der Waals surface area contributed by atoms with Crippen LogP contribution in [0.3, 0.4) is 0 Å².